The minimum atomic E-state index is -0.409. The van der Waals surface area contributed by atoms with E-state index in [0.717, 1.165) is 51.5 Å². The number of rotatable bonds is 7. The summed E-state index contributed by atoms with van der Waals surface area (Å²) in [6.07, 6.45) is 14.4. The van der Waals surface area contributed by atoms with Gasteiger partial charge in [-0.3, -0.25) is 9.59 Å². The highest BCUT2D eigenvalue weighted by molar-refractivity contribution is 5.77. The molecular weight excluding hydrogens is 330 g/mol. The SMILES string of the molecule is C#CCCC1(CCC(=O)N2CCC[C@@]3(CC(=O)OC)CCCC[C@H]23)N=N1. The van der Waals surface area contributed by atoms with Crippen LogP contribution in [0.4, 0.5) is 0 Å². The van der Waals surface area contributed by atoms with Crippen molar-refractivity contribution in [3.63, 3.8) is 0 Å². The van der Waals surface area contributed by atoms with Crippen LogP contribution in [0.25, 0.3) is 0 Å². The molecule has 0 radical (unpaired) electrons. The molecule has 1 amide bonds. The fourth-order valence-electron chi connectivity index (χ4n) is 4.89. The van der Waals surface area contributed by atoms with E-state index in [1.54, 1.807) is 0 Å². The maximum Gasteiger partial charge on any atom is 0.306 e. The Labute approximate surface area is 155 Å². The van der Waals surface area contributed by atoms with E-state index in [-0.39, 0.29) is 23.3 Å². The largest absolute Gasteiger partial charge is 0.469 e. The number of terminal acetylenes is 1. The average molecular weight is 359 g/mol. The molecule has 1 saturated heterocycles. The monoisotopic (exact) mass is 359 g/mol. The summed E-state index contributed by atoms with van der Waals surface area (Å²) in [4.78, 5) is 27.0. The van der Waals surface area contributed by atoms with Crippen LogP contribution >= 0.6 is 0 Å². The predicted octanol–water partition coefficient (Wildman–Crippen LogP) is 3.46. The Bertz CT molecular complexity index is 614. The van der Waals surface area contributed by atoms with Crippen molar-refractivity contribution >= 4 is 11.9 Å². The Morgan fingerprint density at radius 1 is 1.23 bits per heavy atom. The summed E-state index contributed by atoms with van der Waals surface area (Å²) in [6.45, 7) is 0.790. The van der Waals surface area contributed by atoms with E-state index in [2.05, 4.69) is 16.1 Å². The van der Waals surface area contributed by atoms with Crippen molar-refractivity contribution in [2.45, 2.75) is 82.3 Å². The van der Waals surface area contributed by atoms with Crippen molar-refractivity contribution in [2.24, 2.45) is 15.6 Å². The van der Waals surface area contributed by atoms with E-state index < -0.39 is 5.66 Å². The summed E-state index contributed by atoms with van der Waals surface area (Å²) in [7, 11) is 1.45. The van der Waals surface area contributed by atoms with Gasteiger partial charge in [-0.2, -0.15) is 10.2 Å². The number of ether oxygens (including phenoxy) is 1. The van der Waals surface area contributed by atoms with E-state index in [1.807, 2.05) is 4.90 Å². The molecule has 2 heterocycles. The second kappa shape index (κ2) is 7.77. The number of esters is 1. The maximum atomic E-state index is 13.0. The molecule has 1 saturated carbocycles. The third-order valence-corrected chi connectivity index (χ3v) is 6.40. The predicted molar refractivity (Wildman–Crippen MR) is 97.2 cm³/mol. The van der Waals surface area contributed by atoms with Gasteiger partial charge >= 0.3 is 5.97 Å². The first-order valence-electron chi connectivity index (χ1n) is 9.78. The van der Waals surface area contributed by atoms with Crippen LogP contribution in [0, 0.1) is 17.8 Å². The molecule has 0 aromatic carbocycles. The summed E-state index contributed by atoms with van der Waals surface area (Å²) < 4.78 is 4.95. The Morgan fingerprint density at radius 3 is 2.69 bits per heavy atom. The molecule has 0 bridgehead atoms. The highest BCUT2D eigenvalue weighted by Crippen LogP contribution is 2.49. The number of carbonyl (C=O) groups excluding carboxylic acids is 2. The van der Waals surface area contributed by atoms with Crippen LogP contribution in [0.5, 0.6) is 0 Å². The van der Waals surface area contributed by atoms with E-state index in [0.29, 0.717) is 25.7 Å². The van der Waals surface area contributed by atoms with Gasteiger partial charge in [0, 0.05) is 43.7 Å². The average Bonchev–Trinajstić information content (AvgIpc) is 3.44. The molecule has 3 aliphatic rings. The summed E-state index contributed by atoms with van der Waals surface area (Å²) in [6, 6.07) is 0.159. The molecular formula is C20H29N3O3. The molecule has 3 rings (SSSR count). The van der Waals surface area contributed by atoms with Crippen molar-refractivity contribution in [1.82, 2.24) is 4.90 Å². The number of nitrogens with zero attached hydrogens (tertiary/aromatic N) is 3. The second-order valence-corrected chi connectivity index (χ2v) is 7.95. The number of amides is 1. The minimum Gasteiger partial charge on any atom is -0.469 e. The highest BCUT2D eigenvalue weighted by atomic mass is 16.5. The molecule has 0 aromatic heterocycles. The molecule has 142 valence electrons. The standard InChI is InChI=1S/C20H29N3O3/c1-3-4-12-20(21-22-20)13-9-17(24)23-14-7-11-19(15-18(25)26-2)10-6-5-8-16(19)23/h1,16H,4-15H2,2H3/t16-,19+/m0/s1. The van der Waals surface area contributed by atoms with Gasteiger partial charge in [-0.05, 0) is 25.7 Å². The number of carbonyl (C=O) groups is 2. The van der Waals surface area contributed by atoms with Crippen molar-refractivity contribution in [2.75, 3.05) is 13.7 Å². The summed E-state index contributed by atoms with van der Waals surface area (Å²) in [5, 5.41) is 8.26. The van der Waals surface area contributed by atoms with Crippen LogP contribution in [0.1, 0.15) is 70.6 Å². The Kier molecular flexibility index (Phi) is 5.64. The minimum absolute atomic E-state index is 0.102. The molecule has 26 heavy (non-hydrogen) atoms. The lowest BCUT2D eigenvalue weighted by Crippen LogP contribution is -2.56. The first-order chi connectivity index (χ1) is 12.5. The summed E-state index contributed by atoms with van der Waals surface area (Å²) in [5.41, 5.74) is -0.512. The highest BCUT2D eigenvalue weighted by Gasteiger charge is 2.49. The summed E-state index contributed by atoms with van der Waals surface area (Å²) >= 11 is 0. The first kappa shape index (κ1) is 18.9. The molecule has 1 aliphatic carbocycles. The van der Waals surface area contributed by atoms with Crippen molar-refractivity contribution < 1.29 is 14.3 Å². The quantitative estimate of drug-likeness (QED) is 0.516. The van der Waals surface area contributed by atoms with Crippen LogP contribution in [0.2, 0.25) is 0 Å². The van der Waals surface area contributed by atoms with E-state index in [1.165, 1.54) is 7.11 Å². The molecule has 0 N–H and O–H groups in total. The normalized spacial score (nSPS) is 28.8. The number of piperidine rings is 1. The molecule has 0 spiro atoms. The van der Waals surface area contributed by atoms with Gasteiger partial charge < -0.3 is 9.64 Å². The number of fused-ring (bicyclic) bond motifs is 1. The Balaban J connectivity index is 1.64. The zero-order chi connectivity index (χ0) is 18.6. The van der Waals surface area contributed by atoms with Crippen LogP contribution in [-0.4, -0.2) is 42.1 Å². The van der Waals surface area contributed by atoms with Gasteiger partial charge in [0.2, 0.25) is 5.91 Å². The van der Waals surface area contributed by atoms with Gasteiger partial charge in [0.05, 0.1) is 13.5 Å². The van der Waals surface area contributed by atoms with Crippen molar-refractivity contribution in [3.8, 4) is 12.3 Å². The lowest BCUT2D eigenvalue weighted by Gasteiger charge is -2.52. The molecule has 2 atom stereocenters. The van der Waals surface area contributed by atoms with Gasteiger partial charge in [0.25, 0.3) is 0 Å². The van der Waals surface area contributed by atoms with Crippen molar-refractivity contribution in [3.05, 3.63) is 0 Å². The smallest absolute Gasteiger partial charge is 0.306 e. The number of likely N-dealkylation sites (tertiary alicyclic amines) is 1. The van der Waals surface area contributed by atoms with Crippen LogP contribution in [0.15, 0.2) is 10.2 Å². The van der Waals surface area contributed by atoms with Gasteiger partial charge in [-0.15, -0.1) is 12.3 Å². The second-order valence-electron chi connectivity index (χ2n) is 7.95. The van der Waals surface area contributed by atoms with Gasteiger partial charge in [-0.1, -0.05) is 12.8 Å². The van der Waals surface area contributed by atoms with Gasteiger partial charge in [-0.25, -0.2) is 0 Å². The lowest BCUT2D eigenvalue weighted by atomic mass is 9.63. The molecule has 0 aromatic rings. The number of methoxy groups -OCH3 is 1. The van der Waals surface area contributed by atoms with Crippen molar-refractivity contribution in [1.29, 1.82) is 0 Å². The van der Waals surface area contributed by atoms with Crippen LogP contribution in [0.3, 0.4) is 0 Å². The molecule has 0 unspecified atom stereocenters. The van der Waals surface area contributed by atoms with E-state index >= 15 is 0 Å². The zero-order valence-corrected chi connectivity index (χ0v) is 15.7. The molecule has 6 heteroatoms. The Hall–Kier alpha value is -1.90. The third kappa shape index (κ3) is 3.92. The third-order valence-electron chi connectivity index (χ3n) is 6.40. The van der Waals surface area contributed by atoms with Gasteiger partial charge in [0.15, 0.2) is 5.66 Å². The number of hydrogen-bond acceptors (Lipinski definition) is 5. The topological polar surface area (TPSA) is 71.3 Å². The lowest BCUT2D eigenvalue weighted by molar-refractivity contribution is -0.153. The Morgan fingerprint density at radius 2 is 2.00 bits per heavy atom. The number of hydrogen-bond donors (Lipinski definition) is 0. The van der Waals surface area contributed by atoms with Crippen LogP contribution < -0.4 is 0 Å². The summed E-state index contributed by atoms with van der Waals surface area (Å²) in [5.74, 6) is 2.63. The first-order valence-corrected chi connectivity index (χ1v) is 9.78. The molecule has 6 nitrogen and oxygen atoms in total. The zero-order valence-electron chi connectivity index (χ0n) is 15.7. The van der Waals surface area contributed by atoms with E-state index in [4.69, 9.17) is 11.2 Å². The molecule has 2 fully saturated rings. The van der Waals surface area contributed by atoms with E-state index in [9.17, 15) is 9.59 Å². The molecule has 2 aliphatic heterocycles. The van der Waals surface area contributed by atoms with Crippen LogP contribution in [-0.2, 0) is 14.3 Å². The fraction of sp³-hybridized carbons (Fsp3) is 0.800. The fourth-order valence-corrected chi connectivity index (χ4v) is 4.89. The van der Waals surface area contributed by atoms with Gasteiger partial charge in [0.1, 0.15) is 0 Å². The maximum absolute atomic E-state index is 13.0.